The Labute approximate surface area is 188 Å². The van der Waals surface area contributed by atoms with Crippen LogP contribution in [-0.2, 0) is 25.8 Å². The molecule has 0 unspecified atom stereocenters. The molecule has 0 nitrogen and oxygen atoms in total. The Balaban J connectivity index is -0.000000346. The molecule has 25 heavy (non-hydrogen) atoms. The Morgan fingerprint density at radius 3 is 1.24 bits per heavy atom. The number of allylic oxidation sites excluding steroid dienone is 8. The molecule has 0 aliphatic heterocycles. The Morgan fingerprint density at radius 1 is 0.640 bits per heavy atom. The largest absolute Gasteiger partial charge is 4.00 e. The SMILES string of the molecule is CCCC1=C(CCC)CC=[C-]1.CCCC1=C(CCC)CC=[C-]1.[Cl-].[Cl-].[Hf+4]. The van der Waals surface area contributed by atoms with Gasteiger partial charge in [0.15, 0.2) is 0 Å². The second-order valence-electron chi connectivity index (χ2n) is 6.27. The van der Waals surface area contributed by atoms with E-state index in [1.54, 1.807) is 11.1 Å². The Hall–Kier alpha value is 0.410. The van der Waals surface area contributed by atoms with Crippen molar-refractivity contribution in [2.75, 3.05) is 0 Å². The molecular formula is C22H34Cl2Hf. The van der Waals surface area contributed by atoms with Crippen molar-refractivity contribution in [3.63, 3.8) is 0 Å². The summed E-state index contributed by atoms with van der Waals surface area (Å²) in [5.41, 5.74) is 6.26. The van der Waals surface area contributed by atoms with Gasteiger partial charge in [-0.3, -0.25) is 12.2 Å². The summed E-state index contributed by atoms with van der Waals surface area (Å²) < 4.78 is 0. The Bertz CT molecular complexity index is 403. The quantitative estimate of drug-likeness (QED) is 0.318. The second-order valence-corrected chi connectivity index (χ2v) is 6.27. The minimum Gasteiger partial charge on any atom is -1.00 e. The summed E-state index contributed by atoms with van der Waals surface area (Å²) >= 11 is 0. The van der Waals surface area contributed by atoms with Crippen molar-refractivity contribution in [3.8, 4) is 0 Å². The normalized spacial score (nSPS) is 14.6. The summed E-state index contributed by atoms with van der Waals surface area (Å²) in [5.74, 6) is 0. The van der Waals surface area contributed by atoms with Crippen LogP contribution in [0.15, 0.2) is 34.4 Å². The van der Waals surface area contributed by atoms with E-state index in [-0.39, 0.29) is 50.7 Å². The van der Waals surface area contributed by atoms with E-state index >= 15 is 0 Å². The molecule has 3 heteroatoms. The molecule has 0 saturated carbocycles. The average molecular weight is 548 g/mol. The number of halogens is 2. The van der Waals surface area contributed by atoms with Crippen LogP contribution < -0.4 is 24.8 Å². The van der Waals surface area contributed by atoms with Gasteiger partial charge in [0, 0.05) is 0 Å². The molecule has 0 amide bonds. The van der Waals surface area contributed by atoms with Crippen molar-refractivity contribution in [2.24, 2.45) is 0 Å². The minimum absolute atomic E-state index is 0. The van der Waals surface area contributed by atoms with Gasteiger partial charge in [0.2, 0.25) is 0 Å². The molecule has 2 aliphatic rings. The van der Waals surface area contributed by atoms with Crippen molar-refractivity contribution >= 4 is 0 Å². The van der Waals surface area contributed by atoms with Gasteiger partial charge >= 0.3 is 25.8 Å². The third kappa shape index (κ3) is 11.7. The van der Waals surface area contributed by atoms with Crippen LogP contribution in [0, 0.1) is 12.2 Å². The van der Waals surface area contributed by atoms with Crippen molar-refractivity contribution in [3.05, 3.63) is 46.6 Å². The van der Waals surface area contributed by atoms with Crippen molar-refractivity contribution in [1.29, 1.82) is 0 Å². The fourth-order valence-corrected chi connectivity index (χ4v) is 3.15. The molecule has 0 radical (unpaired) electrons. The van der Waals surface area contributed by atoms with Crippen LogP contribution in [0.25, 0.3) is 0 Å². The van der Waals surface area contributed by atoms with Crippen LogP contribution in [0.4, 0.5) is 0 Å². The van der Waals surface area contributed by atoms with Gasteiger partial charge in [-0.05, 0) is 0 Å². The van der Waals surface area contributed by atoms with Crippen LogP contribution >= 0.6 is 0 Å². The van der Waals surface area contributed by atoms with Crippen LogP contribution in [0.5, 0.6) is 0 Å². The van der Waals surface area contributed by atoms with E-state index < -0.39 is 0 Å². The first-order valence-corrected chi connectivity index (χ1v) is 9.34. The van der Waals surface area contributed by atoms with Gasteiger partial charge in [-0.25, -0.2) is 22.3 Å². The first-order chi connectivity index (χ1) is 10.8. The molecule has 0 bridgehead atoms. The van der Waals surface area contributed by atoms with Crippen molar-refractivity contribution in [1.82, 2.24) is 0 Å². The Kier molecular flexibility index (Phi) is 23.1. The zero-order valence-electron chi connectivity index (χ0n) is 16.5. The monoisotopic (exact) mass is 548 g/mol. The van der Waals surface area contributed by atoms with Gasteiger partial charge in [-0.1, -0.05) is 91.9 Å². The van der Waals surface area contributed by atoms with Gasteiger partial charge in [0.1, 0.15) is 0 Å². The van der Waals surface area contributed by atoms with Crippen LogP contribution in [0.1, 0.15) is 91.9 Å². The van der Waals surface area contributed by atoms with E-state index in [1.807, 2.05) is 0 Å². The number of hydrogen-bond acceptors (Lipinski definition) is 0. The summed E-state index contributed by atoms with van der Waals surface area (Å²) in [6.45, 7) is 8.96. The third-order valence-electron chi connectivity index (χ3n) is 4.21. The first-order valence-electron chi connectivity index (χ1n) is 9.34. The van der Waals surface area contributed by atoms with E-state index in [4.69, 9.17) is 0 Å². The third-order valence-corrected chi connectivity index (χ3v) is 4.21. The molecule has 0 saturated heterocycles. The summed E-state index contributed by atoms with van der Waals surface area (Å²) in [6, 6.07) is 0. The summed E-state index contributed by atoms with van der Waals surface area (Å²) in [7, 11) is 0. The van der Waals surface area contributed by atoms with E-state index in [0.29, 0.717) is 0 Å². The molecule has 0 spiro atoms. The average Bonchev–Trinajstić information content (AvgIpc) is 3.12. The molecule has 0 N–H and O–H groups in total. The van der Waals surface area contributed by atoms with E-state index in [2.05, 4.69) is 52.0 Å². The molecule has 0 heterocycles. The topological polar surface area (TPSA) is 0 Å². The van der Waals surface area contributed by atoms with Gasteiger partial charge in [-0.2, -0.15) is 12.2 Å². The zero-order valence-corrected chi connectivity index (χ0v) is 21.6. The van der Waals surface area contributed by atoms with Gasteiger partial charge in [0.05, 0.1) is 0 Å². The molecule has 0 aromatic rings. The van der Waals surface area contributed by atoms with Crippen LogP contribution in [-0.4, -0.2) is 0 Å². The predicted molar refractivity (Wildman–Crippen MR) is 98.5 cm³/mol. The minimum atomic E-state index is 0. The number of rotatable bonds is 8. The molecule has 0 aromatic carbocycles. The molecule has 0 fully saturated rings. The summed E-state index contributed by atoms with van der Waals surface area (Å²) in [5, 5.41) is 0. The van der Waals surface area contributed by atoms with Crippen molar-refractivity contribution < 1.29 is 50.7 Å². The van der Waals surface area contributed by atoms with Gasteiger partial charge in [-0.15, -0.1) is 0 Å². The standard InChI is InChI=1S/2C11H17.2ClH.Hf/c2*1-3-6-10-8-5-9-11(10)7-4-2;;;/h2*5H,3-4,6-8H2,1-2H3;2*1H;/q2*-1;;;+4/p-2. The maximum Gasteiger partial charge on any atom is 4.00 e. The van der Waals surface area contributed by atoms with Gasteiger partial charge < -0.3 is 24.8 Å². The first kappa shape index (κ1) is 30.1. The molecule has 140 valence electrons. The molecule has 2 aliphatic carbocycles. The van der Waals surface area contributed by atoms with E-state index in [1.165, 1.54) is 75.4 Å². The van der Waals surface area contributed by atoms with Crippen LogP contribution in [0.2, 0.25) is 0 Å². The summed E-state index contributed by atoms with van der Waals surface area (Å²) in [6.07, 6.45) is 23.5. The summed E-state index contributed by atoms with van der Waals surface area (Å²) in [4.78, 5) is 0. The zero-order chi connectivity index (χ0) is 16.2. The van der Waals surface area contributed by atoms with Gasteiger partial charge in [0.25, 0.3) is 0 Å². The maximum atomic E-state index is 3.35. The van der Waals surface area contributed by atoms with E-state index in [0.717, 1.165) is 0 Å². The number of hydrogen-bond donors (Lipinski definition) is 0. The fraction of sp³-hybridized carbons (Fsp3) is 0.636. The maximum absolute atomic E-state index is 3.35. The smallest absolute Gasteiger partial charge is 1.00 e. The Morgan fingerprint density at radius 2 is 0.960 bits per heavy atom. The predicted octanol–water partition coefficient (Wildman–Crippen LogP) is 1.30. The second kappa shape index (κ2) is 19.2. The molecule has 2 rings (SSSR count). The van der Waals surface area contributed by atoms with Crippen molar-refractivity contribution in [2.45, 2.75) is 91.9 Å². The van der Waals surface area contributed by atoms with E-state index in [9.17, 15) is 0 Å². The molecule has 0 atom stereocenters. The molecule has 0 aromatic heterocycles. The fourth-order valence-electron chi connectivity index (χ4n) is 3.15. The van der Waals surface area contributed by atoms with Crippen LogP contribution in [0.3, 0.4) is 0 Å². The molecular weight excluding hydrogens is 514 g/mol.